The molecule has 1 aromatic carbocycles. The number of hydrogen-bond acceptors (Lipinski definition) is 2. The zero-order valence-corrected chi connectivity index (χ0v) is 9.95. The van der Waals surface area contributed by atoms with Gasteiger partial charge in [0.25, 0.3) is 5.91 Å². The lowest BCUT2D eigenvalue weighted by Crippen LogP contribution is -2.24. The van der Waals surface area contributed by atoms with Crippen LogP contribution in [0, 0.1) is 0 Å². The number of rotatable bonds is 6. The molecule has 3 nitrogen and oxygen atoms in total. The highest BCUT2D eigenvalue weighted by Gasteiger charge is 2.05. The van der Waals surface area contributed by atoms with Gasteiger partial charge in [-0.3, -0.25) is 4.79 Å². The van der Waals surface area contributed by atoms with Gasteiger partial charge >= 0.3 is 0 Å². The van der Waals surface area contributed by atoms with Crippen LogP contribution in [0.3, 0.4) is 0 Å². The minimum atomic E-state index is -0.0324. The lowest BCUT2D eigenvalue weighted by Gasteiger charge is -2.06. The molecule has 88 valence electrons. The number of carbonyl (C=O) groups excluding carboxylic acids is 1. The van der Waals surface area contributed by atoms with Crippen LogP contribution < -0.4 is 10.1 Å². The highest BCUT2D eigenvalue weighted by Crippen LogP contribution is 2.12. The van der Waals surface area contributed by atoms with Crippen LogP contribution in [0.5, 0.6) is 5.75 Å². The molecule has 0 saturated carbocycles. The van der Waals surface area contributed by atoms with Crippen molar-refractivity contribution >= 4 is 5.91 Å². The molecular formula is C13H19NO2. The van der Waals surface area contributed by atoms with Gasteiger partial charge in [0.15, 0.2) is 0 Å². The number of ether oxygens (including phenoxy) is 1. The van der Waals surface area contributed by atoms with Gasteiger partial charge in [0, 0.05) is 12.1 Å². The summed E-state index contributed by atoms with van der Waals surface area (Å²) in [7, 11) is 1.60. The Balaban J connectivity index is 2.46. The Hall–Kier alpha value is -1.51. The number of hydrogen-bond donors (Lipinski definition) is 1. The third kappa shape index (κ3) is 3.93. The monoisotopic (exact) mass is 221 g/mol. The van der Waals surface area contributed by atoms with Crippen LogP contribution in [-0.2, 0) is 0 Å². The largest absolute Gasteiger partial charge is 0.497 e. The summed E-state index contributed by atoms with van der Waals surface area (Å²) in [5.41, 5.74) is 0.649. The summed E-state index contributed by atoms with van der Waals surface area (Å²) in [6.07, 6.45) is 3.35. The van der Waals surface area contributed by atoms with Gasteiger partial charge in [-0.15, -0.1) is 0 Å². The van der Waals surface area contributed by atoms with Crippen LogP contribution >= 0.6 is 0 Å². The van der Waals surface area contributed by atoms with Gasteiger partial charge in [-0.2, -0.15) is 0 Å². The first-order valence-corrected chi connectivity index (χ1v) is 5.70. The number of benzene rings is 1. The number of methoxy groups -OCH3 is 1. The molecule has 0 radical (unpaired) electrons. The Morgan fingerprint density at radius 1 is 1.38 bits per heavy atom. The Morgan fingerprint density at radius 3 is 2.88 bits per heavy atom. The van der Waals surface area contributed by atoms with Crippen molar-refractivity contribution in [2.24, 2.45) is 0 Å². The predicted octanol–water partition coefficient (Wildman–Crippen LogP) is 2.62. The van der Waals surface area contributed by atoms with Crippen molar-refractivity contribution in [3.05, 3.63) is 29.8 Å². The zero-order valence-electron chi connectivity index (χ0n) is 9.95. The summed E-state index contributed by atoms with van der Waals surface area (Å²) in [6.45, 7) is 2.88. The minimum Gasteiger partial charge on any atom is -0.497 e. The summed E-state index contributed by atoms with van der Waals surface area (Å²) in [6, 6.07) is 7.18. The van der Waals surface area contributed by atoms with Gasteiger partial charge in [0.1, 0.15) is 5.75 Å². The van der Waals surface area contributed by atoms with Crippen molar-refractivity contribution in [1.29, 1.82) is 0 Å². The average Bonchev–Trinajstić information content (AvgIpc) is 2.34. The first kappa shape index (κ1) is 12.6. The van der Waals surface area contributed by atoms with Crippen molar-refractivity contribution in [3.63, 3.8) is 0 Å². The van der Waals surface area contributed by atoms with Gasteiger partial charge < -0.3 is 10.1 Å². The molecule has 0 aliphatic carbocycles. The molecule has 0 bridgehead atoms. The van der Waals surface area contributed by atoms with E-state index in [4.69, 9.17) is 4.74 Å². The van der Waals surface area contributed by atoms with E-state index in [0.717, 1.165) is 25.8 Å². The number of amides is 1. The van der Waals surface area contributed by atoms with E-state index in [1.54, 1.807) is 19.2 Å². The van der Waals surface area contributed by atoms with E-state index in [-0.39, 0.29) is 5.91 Å². The van der Waals surface area contributed by atoms with Crippen LogP contribution in [0.25, 0.3) is 0 Å². The molecule has 0 saturated heterocycles. The molecule has 3 heteroatoms. The molecule has 0 fully saturated rings. The fourth-order valence-corrected chi connectivity index (χ4v) is 1.44. The quantitative estimate of drug-likeness (QED) is 0.750. The SMILES string of the molecule is CCCCCNC(=O)c1cccc(OC)c1. The van der Waals surface area contributed by atoms with Gasteiger partial charge in [0.2, 0.25) is 0 Å². The second-order valence-corrected chi connectivity index (χ2v) is 3.69. The van der Waals surface area contributed by atoms with Gasteiger partial charge in [-0.25, -0.2) is 0 Å². The van der Waals surface area contributed by atoms with Crippen molar-refractivity contribution < 1.29 is 9.53 Å². The Bertz CT molecular complexity index is 336. The van der Waals surface area contributed by atoms with Crippen LogP contribution in [0.1, 0.15) is 36.5 Å². The molecule has 0 aromatic heterocycles. The molecule has 0 unspecified atom stereocenters. The molecule has 1 amide bonds. The van der Waals surface area contributed by atoms with Crippen molar-refractivity contribution in [3.8, 4) is 5.75 Å². The fourth-order valence-electron chi connectivity index (χ4n) is 1.44. The fraction of sp³-hybridized carbons (Fsp3) is 0.462. The van der Waals surface area contributed by atoms with Crippen molar-refractivity contribution in [2.45, 2.75) is 26.2 Å². The minimum absolute atomic E-state index is 0.0324. The van der Waals surface area contributed by atoms with E-state index in [2.05, 4.69) is 12.2 Å². The smallest absolute Gasteiger partial charge is 0.251 e. The molecule has 1 N–H and O–H groups in total. The number of unbranched alkanes of at least 4 members (excludes halogenated alkanes) is 2. The van der Waals surface area contributed by atoms with E-state index in [1.807, 2.05) is 12.1 Å². The second kappa shape index (κ2) is 6.88. The summed E-state index contributed by atoms with van der Waals surface area (Å²) < 4.78 is 5.07. The van der Waals surface area contributed by atoms with E-state index < -0.39 is 0 Å². The summed E-state index contributed by atoms with van der Waals surface area (Å²) >= 11 is 0. The van der Waals surface area contributed by atoms with Gasteiger partial charge in [-0.05, 0) is 24.6 Å². The predicted molar refractivity (Wildman–Crippen MR) is 64.9 cm³/mol. The topological polar surface area (TPSA) is 38.3 Å². The molecule has 0 heterocycles. The lowest BCUT2D eigenvalue weighted by atomic mass is 10.2. The molecule has 1 aromatic rings. The lowest BCUT2D eigenvalue weighted by molar-refractivity contribution is 0.0952. The van der Waals surface area contributed by atoms with Crippen LogP contribution in [0.4, 0.5) is 0 Å². The molecule has 0 aliphatic heterocycles. The second-order valence-electron chi connectivity index (χ2n) is 3.69. The maximum atomic E-state index is 11.7. The van der Waals surface area contributed by atoms with E-state index in [0.29, 0.717) is 11.3 Å². The standard InChI is InChI=1S/C13H19NO2/c1-3-4-5-9-14-13(15)11-7-6-8-12(10-11)16-2/h6-8,10H,3-5,9H2,1-2H3,(H,14,15). The van der Waals surface area contributed by atoms with Crippen LogP contribution in [0.2, 0.25) is 0 Å². The summed E-state index contributed by atoms with van der Waals surface area (Å²) in [4.78, 5) is 11.7. The molecule has 16 heavy (non-hydrogen) atoms. The maximum absolute atomic E-state index is 11.7. The van der Waals surface area contributed by atoms with E-state index in [1.165, 1.54) is 0 Å². The van der Waals surface area contributed by atoms with E-state index >= 15 is 0 Å². The molecule has 0 atom stereocenters. The highest BCUT2D eigenvalue weighted by atomic mass is 16.5. The maximum Gasteiger partial charge on any atom is 0.251 e. The van der Waals surface area contributed by atoms with Crippen molar-refractivity contribution in [2.75, 3.05) is 13.7 Å². The summed E-state index contributed by atoms with van der Waals surface area (Å²) in [5, 5.41) is 2.89. The molecule has 1 rings (SSSR count). The zero-order chi connectivity index (χ0) is 11.8. The normalized spacial score (nSPS) is 9.88. The third-order valence-electron chi connectivity index (χ3n) is 2.40. The number of carbonyl (C=O) groups is 1. The Labute approximate surface area is 96.8 Å². The highest BCUT2D eigenvalue weighted by molar-refractivity contribution is 5.94. The van der Waals surface area contributed by atoms with E-state index in [9.17, 15) is 4.79 Å². The summed E-state index contributed by atoms with van der Waals surface area (Å²) in [5.74, 6) is 0.677. The Morgan fingerprint density at radius 2 is 2.19 bits per heavy atom. The van der Waals surface area contributed by atoms with Gasteiger partial charge in [-0.1, -0.05) is 25.8 Å². The van der Waals surface area contributed by atoms with Gasteiger partial charge in [0.05, 0.1) is 7.11 Å². The first-order valence-electron chi connectivity index (χ1n) is 5.70. The Kier molecular flexibility index (Phi) is 5.40. The molecular weight excluding hydrogens is 202 g/mol. The van der Waals surface area contributed by atoms with Crippen LogP contribution in [-0.4, -0.2) is 19.6 Å². The van der Waals surface area contributed by atoms with Crippen LogP contribution in [0.15, 0.2) is 24.3 Å². The van der Waals surface area contributed by atoms with Crippen molar-refractivity contribution in [1.82, 2.24) is 5.32 Å². The third-order valence-corrected chi connectivity index (χ3v) is 2.40. The molecule has 0 spiro atoms. The average molecular weight is 221 g/mol. The molecule has 0 aliphatic rings. The number of nitrogens with one attached hydrogen (secondary N) is 1. The first-order chi connectivity index (χ1) is 7.77.